The number of aromatic nitrogens is 3. The van der Waals surface area contributed by atoms with Crippen molar-refractivity contribution in [2.45, 2.75) is 44.2 Å². The fourth-order valence-corrected chi connectivity index (χ4v) is 2.63. The van der Waals surface area contributed by atoms with Gasteiger partial charge in [-0.25, -0.2) is 9.67 Å². The summed E-state index contributed by atoms with van der Waals surface area (Å²) in [4.78, 5) is 8.79. The highest BCUT2D eigenvalue weighted by Gasteiger charge is 2.22. The van der Waals surface area contributed by atoms with Crippen molar-refractivity contribution in [2.24, 2.45) is 4.99 Å². The molecule has 0 bridgehead atoms. The summed E-state index contributed by atoms with van der Waals surface area (Å²) in [6.07, 6.45) is 4.07. The van der Waals surface area contributed by atoms with Crippen molar-refractivity contribution in [2.75, 3.05) is 27.0 Å². The van der Waals surface area contributed by atoms with E-state index in [2.05, 4.69) is 38.9 Å². The molecule has 0 fully saturated rings. The molecule has 1 aromatic rings. The highest BCUT2D eigenvalue weighted by Crippen LogP contribution is 2.13. The molecule has 1 aliphatic heterocycles. The molecule has 0 saturated heterocycles. The zero-order chi connectivity index (χ0) is 15.9. The minimum absolute atomic E-state index is 0. The van der Waals surface area contributed by atoms with E-state index in [1.165, 1.54) is 0 Å². The van der Waals surface area contributed by atoms with Crippen molar-refractivity contribution in [1.82, 2.24) is 25.4 Å². The van der Waals surface area contributed by atoms with E-state index in [4.69, 9.17) is 4.74 Å². The Balaban J connectivity index is 0.00000264. The van der Waals surface area contributed by atoms with Crippen LogP contribution in [0.1, 0.15) is 25.0 Å². The smallest absolute Gasteiger partial charge is 0.191 e. The monoisotopic (exact) mass is 454 g/mol. The lowest BCUT2D eigenvalue weighted by Crippen LogP contribution is -2.48. The van der Waals surface area contributed by atoms with Crippen LogP contribution in [0.5, 0.6) is 0 Å². The molecule has 23 heavy (non-hydrogen) atoms. The van der Waals surface area contributed by atoms with Crippen molar-refractivity contribution < 1.29 is 4.74 Å². The van der Waals surface area contributed by atoms with Crippen molar-refractivity contribution in [3.8, 4) is 0 Å². The number of thioether (sulfide) groups is 1. The second-order valence-electron chi connectivity index (χ2n) is 5.44. The van der Waals surface area contributed by atoms with Crippen molar-refractivity contribution in [3.05, 3.63) is 11.6 Å². The van der Waals surface area contributed by atoms with E-state index in [9.17, 15) is 0 Å². The van der Waals surface area contributed by atoms with E-state index in [1.54, 1.807) is 14.2 Å². The van der Waals surface area contributed by atoms with Gasteiger partial charge >= 0.3 is 0 Å². The second kappa shape index (κ2) is 10.3. The van der Waals surface area contributed by atoms with Gasteiger partial charge in [-0.15, -0.1) is 24.0 Å². The number of aryl methyl sites for hydroxylation is 1. The van der Waals surface area contributed by atoms with Crippen molar-refractivity contribution >= 4 is 41.7 Å². The van der Waals surface area contributed by atoms with Gasteiger partial charge in [0.2, 0.25) is 0 Å². The van der Waals surface area contributed by atoms with E-state index in [-0.39, 0.29) is 24.0 Å². The summed E-state index contributed by atoms with van der Waals surface area (Å²) in [5.74, 6) is 2.66. The van der Waals surface area contributed by atoms with Gasteiger partial charge in [0, 0.05) is 38.4 Å². The zero-order valence-electron chi connectivity index (χ0n) is 14.2. The van der Waals surface area contributed by atoms with Crippen LogP contribution in [-0.2, 0) is 24.3 Å². The van der Waals surface area contributed by atoms with Crippen LogP contribution < -0.4 is 10.6 Å². The third kappa shape index (κ3) is 6.11. The van der Waals surface area contributed by atoms with Crippen LogP contribution in [0.4, 0.5) is 0 Å². The van der Waals surface area contributed by atoms with Crippen LogP contribution in [0, 0.1) is 0 Å². The number of hydrogen-bond donors (Lipinski definition) is 2. The lowest BCUT2D eigenvalue weighted by atomic mass is 10.1. The molecular formula is C14H27IN6OS. The number of aliphatic imine (C=N–C) groups is 1. The summed E-state index contributed by atoms with van der Waals surface area (Å²) in [6, 6.07) is 0.320. The third-order valence-electron chi connectivity index (χ3n) is 3.70. The average Bonchev–Trinajstić information content (AvgIpc) is 2.92. The van der Waals surface area contributed by atoms with E-state index in [0.29, 0.717) is 17.9 Å². The third-order valence-corrected chi connectivity index (χ3v) is 4.67. The van der Waals surface area contributed by atoms with Gasteiger partial charge in [-0.1, -0.05) is 6.92 Å². The Morgan fingerprint density at radius 2 is 2.35 bits per heavy atom. The maximum Gasteiger partial charge on any atom is 0.191 e. The number of nitrogens with one attached hydrogen (secondary N) is 2. The highest BCUT2D eigenvalue weighted by atomic mass is 127. The van der Waals surface area contributed by atoms with Gasteiger partial charge in [0.15, 0.2) is 11.8 Å². The first-order valence-corrected chi connectivity index (χ1v) is 8.86. The first-order valence-electron chi connectivity index (χ1n) is 7.57. The van der Waals surface area contributed by atoms with Crippen molar-refractivity contribution in [1.29, 1.82) is 0 Å². The number of rotatable bonds is 6. The molecule has 0 saturated carbocycles. The zero-order valence-corrected chi connectivity index (χ0v) is 17.4. The number of hydrogen-bond acceptors (Lipinski definition) is 5. The number of ether oxygens (including phenoxy) is 1. The Bertz CT molecular complexity index is 509. The second-order valence-corrected chi connectivity index (χ2v) is 6.71. The molecule has 9 heteroatoms. The predicted molar refractivity (Wildman–Crippen MR) is 106 cm³/mol. The molecule has 2 N–H and O–H groups in total. The Morgan fingerprint density at radius 3 is 3.00 bits per heavy atom. The number of methoxy groups -OCH3 is 1. The number of guanidine groups is 1. The largest absolute Gasteiger partial charge is 0.377 e. The Kier molecular flexibility index (Phi) is 9.22. The summed E-state index contributed by atoms with van der Waals surface area (Å²) in [7, 11) is 3.47. The lowest BCUT2D eigenvalue weighted by molar-refractivity contribution is 0.177. The van der Waals surface area contributed by atoms with E-state index < -0.39 is 0 Å². The van der Waals surface area contributed by atoms with Gasteiger partial charge in [0.25, 0.3) is 0 Å². The highest BCUT2D eigenvalue weighted by molar-refractivity contribution is 14.0. The van der Waals surface area contributed by atoms with E-state index in [1.807, 2.05) is 16.4 Å². The van der Waals surface area contributed by atoms with Crippen LogP contribution >= 0.6 is 35.7 Å². The molecule has 2 heterocycles. The fourth-order valence-electron chi connectivity index (χ4n) is 2.38. The van der Waals surface area contributed by atoms with Gasteiger partial charge in [0.05, 0.1) is 6.54 Å². The normalized spacial score (nSPS) is 18.8. The predicted octanol–water partition coefficient (Wildman–Crippen LogP) is 1.27. The quantitative estimate of drug-likeness (QED) is 0.383. The van der Waals surface area contributed by atoms with Gasteiger partial charge < -0.3 is 15.4 Å². The first kappa shape index (κ1) is 20.5. The average molecular weight is 454 g/mol. The summed E-state index contributed by atoms with van der Waals surface area (Å²) in [6.45, 7) is 4.38. The number of fused-ring (bicyclic) bond motifs is 1. The van der Waals surface area contributed by atoms with Crippen LogP contribution in [0.2, 0.25) is 0 Å². The molecule has 132 valence electrons. The van der Waals surface area contributed by atoms with Crippen molar-refractivity contribution in [3.63, 3.8) is 0 Å². The van der Waals surface area contributed by atoms with Crippen LogP contribution in [0.15, 0.2) is 4.99 Å². The van der Waals surface area contributed by atoms with Crippen LogP contribution in [0.25, 0.3) is 0 Å². The topological polar surface area (TPSA) is 76.4 Å². The molecule has 2 atom stereocenters. The minimum Gasteiger partial charge on any atom is -0.377 e. The first-order chi connectivity index (χ1) is 10.7. The molecule has 1 aliphatic rings. The standard InChI is InChI=1S/C14H26N6OS.HI/c1-10(22-4)7-16-14(15-2)17-11-5-6-13-18-12(9-21-3)19-20(13)8-11;/h10-11H,5-9H2,1-4H3,(H2,15,16,17);1H. The Morgan fingerprint density at radius 1 is 1.57 bits per heavy atom. The Hall–Kier alpha value is -0.550. The molecule has 0 spiro atoms. The molecule has 0 radical (unpaired) electrons. The number of nitrogens with zero attached hydrogens (tertiary/aromatic N) is 4. The summed E-state index contributed by atoms with van der Waals surface area (Å²) in [5.41, 5.74) is 0. The molecule has 2 unspecified atom stereocenters. The maximum absolute atomic E-state index is 5.09. The van der Waals surface area contributed by atoms with Gasteiger partial charge in [-0.2, -0.15) is 16.9 Å². The van der Waals surface area contributed by atoms with Gasteiger partial charge in [-0.05, 0) is 12.7 Å². The van der Waals surface area contributed by atoms with Crippen LogP contribution in [0.3, 0.4) is 0 Å². The summed E-state index contributed by atoms with van der Waals surface area (Å²) < 4.78 is 7.07. The van der Waals surface area contributed by atoms with E-state index in [0.717, 1.165) is 43.5 Å². The minimum atomic E-state index is 0. The summed E-state index contributed by atoms with van der Waals surface area (Å²) >= 11 is 1.84. The fraction of sp³-hybridized carbons (Fsp3) is 0.786. The molecule has 2 rings (SSSR count). The summed E-state index contributed by atoms with van der Waals surface area (Å²) in [5, 5.41) is 11.9. The molecular weight excluding hydrogens is 427 g/mol. The molecule has 0 amide bonds. The van der Waals surface area contributed by atoms with Gasteiger partial charge in [0.1, 0.15) is 12.4 Å². The molecule has 1 aromatic heterocycles. The maximum atomic E-state index is 5.09. The molecule has 0 aromatic carbocycles. The van der Waals surface area contributed by atoms with Crippen LogP contribution in [-0.4, -0.2) is 59.0 Å². The van der Waals surface area contributed by atoms with Gasteiger partial charge in [-0.3, -0.25) is 4.99 Å². The van der Waals surface area contributed by atoms with E-state index >= 15 is 0 Å². The molecule has 7 nitrogen and oxygen atoms in total. The number of halogens is 1. The molecule has 0 aliphatic carbocycles. The Labute approximate surface area is 159 Å². The SMILES string of the molecule is CN=C(NCC(C)SC)NC1CCc2nc(COC)nn2C1.I. The lowest BCUT2D eigenvalue weighted by Gasteiger charge is -2.25.